The van der Waals surface area contributed by atoms with Crippen LogP contribution in [0.5, 0.6) is 0 Å². The Labute approximate surface area is 130 Å². The molecule has 0 aliphatic carbocycles. The largest absolute Gasteiger partial charge is 0.273 e. The number of aryl methyl sites for hydroxylation is 2. The Bertz CT molecular complexity index is 740. The van der Waals surface area contributed by atoms with Crippen molar-refractivity contribution in [1.82, 2.24) is 5.43 Å². The van der Waals surface area contributed by atoms with Crippen molar-refractivity contribution in [1.29, 1.82) is 5.26 Å². The third kappa shape index (κ3) is 4.29. The average molecular weight is 291 g/mol. The number of carbonyl (C=O) groups excluding carboxylic acids is 1. The minimum atomic E-state index is -0.156. The molecule has 0 fully saturated rings. The molecule has 1 amide bonds. The Kier molecular flexibility index (Phi) is 5.05. The molecule has 0 unspecified atom stereocenters. The van der Waals surface area contributed by atoms with E-state index in [2.05, 4.69) is 22.7 Å². The van der Waals surface area contributed by atoms with Gasteiger partial charge in [0.1, 0.15) is 0 Å². The number of nitrogens with zero attached hydrogens (tertiary/aromatic N) is 2. The first-order valence-electron chi connectivity index (χ1n) is 6.96. The monoisotopic (exact) mass is 291 g/mol. The van der Waals surface area contributed by atoms with Crippen LogP contribution in [0.25, 0.3) is 0 Å². The summed E-state index contributed by atoms with van der Waals surface area (Å²) in [6.07, 6.45) is 1.86. The number of rotatable bonds is 4. The summed E-state index contributed by atoms with van der Waals surface area (Å²) in [5.41, 5.74) is 7.21. The van der Waals surface area contributed by atoms with E-state index in [-0.39, 0.29) is 5.91 Å². The number of hydrogen-bond acceptors (Lipinski definition) is 3. The molecule has 4 nitrogen and oxygen atoms in total. The number of nitriles is 1. The fraction of sp³-hybridized carbons (Fsp3) is 0.167. The zero-order valence-corrected chi connectivity index (χ0v) is 12.6. The van der Waals surface area contributed by atoms with Crippen LogP contribution in [0, 0.1) is 25.2 Å². The van der Waals surface area contributed by atoms with Gasteiger partial charge in [0.2, 0.25) is 5.91 Å². The van der Waals surface area contributed by atoms with Crippen LogP contribution in [0.3, 0.4) is 0 Å². The Morgan fingerprint density at radius 2 is 1.95 bits per heavy atom. The number of benzene rings is 2. The molecule has 22 heavy (non-hydrogen) atoms. The highest BCUT2D eigenvalue weighted by atomic mass is 16.2. The second-order valence-corrected chi connectivity index (χ2v) is 5.13. The molecule has 0 saturated heterocycles. The van der Waals surface area contributed by atoms with Crippen LogP contribution in [-0.2, 0) is 11.2 Å². The van der Waals surface area contributed by atoms with Crippen LogP contribution in [-0.4, -0.2) is 12.1 Å². The third-order valence-electron chi connectivity index (χ3n) is 3.29. The predicted molar refractivity (Wildman–Crippen MR) is 86.5 cm³/mol. The molecule has 0 bridgehead atoms. The molecule has 0 heterocycles. The molecule has 0 aliphatic rings. The van der Waals surface area contributed by atoms with Gasteiger partial charge in [-0.2, -0.15) is 10.4 Å². The zero-order chi connectivity index (χ0) is 15.9. The van der Waals surface area contributed by atoms with Gasteiger partial charge in [0.05, 0.1) is 24.3 Å². The van der Waals surface area contributed by atoms with Crippen molar-refractivity contribution in [3.63, 3.8) is 0 Å². The van der Waals surface area contributed by atoms with E-state index in [4.69, 9.17) is 5.26 Å². The van der Waals surface area contributed by atoms with Gasteiger partial charge in [-0.15, -0.1) is 0 Å². The van der Waals surface area contributed by atoms with E-state index in [0.717, 1.165) is 16.7 Å². The number of carbonyl (C=O) groups is 1. The van der Waals surface area contributed by atoms with Crippen molar-refractivity contribution in [2.45, 2.75) is 20.3 Å². The number of hydrogen-bond donors (Lipinski definition) is 1. The van der Waals surface area contributed by atoms with Crippen molar-refractivity contribution in [3.8, 4) is 6.07 Å². The maximum absolute atomic E-state index is 11.9. The van der Waals surface area contributed by atoms with Gasteiger partial charge in [-0.3, -0.25) is 4.79 Å². The maximum atomic E-state index is 11.9. The summed E-state index contributed by atoms with van der Waals surface area (Å²) in [4.78, 5) is 11.9. The predicted octanol–water partition coefficient (Wildman–Crippen LogP) is 2.87. The van der Waals surface area contributed by atoms with Gasteiger partial charge >= 0.3 is 0 Å². The first-order valence-corrected chi connectivity index (χ1v) is 6.96. The highest BCUT2D eigenvalue weighted by molar-refractivity contribution is 5.83. The van der Waals surface area contributed by atoms with Crippen molar-refractivity contribution in [3.05, 3.63) is 70.3 Å². The summed E-state index contributed by atoms with van der Waals surface area (Å²) in [5, 5.41) is 12.6. The molecule has 0 saturated carbocycles. The molecular weight excluding hydrogens is 274 g/mol. The van der Waals surface area contributed by atoms with Crippen molar-refractivity contribution in [2.75, 3.05) is 0 Å². The van der Waals surface area contributed by atoms with E-state index in [9.17, 15) is 4.79 Å². The molecule has 2 aromatic rings. The summed E-state index contributed by atoms with van der Waals surface area (Å²) in [6.45, 7) is 4.02. The lowest BCUT2D eigenvalue weighted by atomic mass is 10.0. The third-order valence-corrected chi connectivity index (χ3v) is 3.29. The van der Waals surface area contributed by atoms with Crippen LogP contribution >= 0.6 is 0 Å². The Balaban J connectivity index is 1.91. The molecule has 0 spiro atoms. The van der Waals surface area contributed by atoms with Crippen LogP contribution < -0.4 is 5.43 Å². The lowest BCUT2D eigenvalue weighted by Crippen LogP contribution is -2.20. The summed E-state index contributed by atoms with van der Waals surface area (Å²) in [6, 6.07) is 15.0. The first kappa shape index (κ1) is 15.5. The van der Waals surface area contributed by atoms with Crippen molar-refractivity contribution in [2.24, 2.45) is 5.10 Å². The summed E-state index contributed by atoms with van der Waals surface area (Å²) in [5.74, 6) is -0.156. The van der Waals surface area contributed by atoms with Crippen LogP contribution in [0.1, 0.15) is 27.8 Å². The highest BCUT2D eigenvalue weighted by Crippen LogP contribution is 2.11. The van der Waals surface area contributed by atoms with E-state index in [1.54, 1.807) is 30.5 Å². The standard InChI is InChI=1S/C18H17N3O/c1-13-3-8-17(14(2)9-13)10-18(22)21-20-12-16-6-4-15(11-19)5-7-16/h3-9,12H,10H2,1-2H3,(H,21,22)/b20-12+. The second-order valence-electron chi connectivity index (χ2n) is 5.13. The SMILES string of the molecule is Cc1ccc(CC(=O)N/N=C/c2ccc(C#N)cc2)c(C)c1. The van der Waals surface area contributed by atoms with Crippen LogP contribution in [0.15, 0.2) is 47.6 Å². The summed E-state index contributed by atoms with van der Waals surface area (Å²) in [7, 11) is 0. The fourth-order valence-electron chi connectivity index (χ4n) is 2.08. The van der Waals surface area contributed by atoms with Gasteiger partial charge in [-0.1, -0.05) is 35.9 Å². The lowest BCUT2D eigenvalue weighted by molar-refractivity contribution is -0.120. The minimum absolute atomic E-state index is 0.156. The number of amides is 1. The lowest BCUT2D eigenvalue weighted by Gasteiger charge is -2.05. The first-order chi connectivity index (χ1) is 10.6. The molecule has 2 rings (SSSR count). The average Bonchev–Trinajstić information content (AvgIpc) is 2.51. The van der Waals surface area contributed by atoms with Crippen LogP contribution in [0.4, 0.5) is 0 Å². The minimum Gasteiger partial charge on any atom is -0.273 e. The normalized spacial score (nSPS) is 10.4. The maximum Gasteiger partial charge on any atom is 0.244 e. The van der Waals surface area contributed by atoms with Gasteiger partial charge in [0, 0.05) is 0 Å². The van der Waals surface area contributed by atoms with E-state index in [1.165, 1.54) is 5.56 Å². The molecule has 1 N–H and O–H groups in total. The molecule has 0 aliphatic heterocycles. The fourth-order valence-corrected chi connectivity index (χ4v) is 2.08. The molecule has 0 atom stereocenters. The molecule has 0 radical (unpaired) electrons. The van der Waals surface area contributed by atoms with Gasteiger partial charge in [0.25, 0.3) is 0 Å². The second kappa shape index (κ2) is 7.19. The van der Waals surface area contributed by atoms with Gasteiger partial charge in [-0.25, -0.2) is 5.43 Å². The van der Waals surface area contributed by atoms with Crippen molar-refractivity contribution >= 4 is 12.1 Å². The highest BCUT2D eigenvalue weighted by Gasteiger charge is 2.05. The van der Waals surface area contributed by atoms with E-state index < -0.39 is 0 Å². The molecule has 0 aromatic heterocycles. The van der Waals surface area contributed by atoms with Gasteiger partial charge < -0.3 is 0 Å². The van der Waals surface area contributed by atoms with Crippen LogP contribution in [0.2, 0.25) is 0 Å². The van der Waals surface area contributed by atoms with E-state index in [1.807, 2.05) is 26.0 Å². The molecule has 4 heteroatoms. The van der Waals surface area contributed by atoms with Gasteiger partial charge in [0.15, 0.2) is 0 Å². The molecular formula is C18H17N3O. The Morgan fingerprint density at radius 3 is 2.59 bits per heavy atom. The number of nitrogens with one attached hydrogen (secondary N) is 1. The van der Waals surface area contributed by atoms with Crippen molar-refractivity contribution < 1.29 is 4.79 Å². The smallest absolute Gasteiger partial charge is 0.244 e. The Morgan fingerprint density at radius 1 is 1.23 bits per heavy atom. The topological polar surface area (TPSA) is 65.2 Å². The van der Waals surface area contributed by atoms with Gasteiger partial charge in [-0.05, 0) is 42.7 Å². The summed E-state index contributed by atoms with van der Waals surface area (Å²) >= 11 is 0. The van der Waals surface area contributed by atoms with E-state index in [0.29, 0.717) is 12.0 Å². The quantitative estimate of drug-likeness (QED) is 0.695. The van der Waals surface area contributed by atoms with E-state index >= 15 is 0 Å². The Hall–Kier alpha value is -2.93. The summed E-state index contributed by atoms with van der Waals surface area (Å²) < 4.78 is 0. The number of hydrazone groups is 1. The molecule has 2 aromatic carbocycles. The zero-order valence-electron chi connectivity index (χ0n) is 12.6. The molecule has 110 valence electrons.